The van der Waals surface area contributed by atoms with Gasteiger partial charge in [-0.05, 0) is 42.7 Å². The molecule has 0 spiro atoms. The van der Waals surface area contributed by atoms with Gasteiger partial charge in [-0.15, -0.1) is 0 Å². The second-order valence-electron chi connectivity index (χ2n) is 6.09. The van der Waals surface area contributed by atoms with Gasteiger partial charge in [0.2, 0.25) is 0 Å². The number of ether oxygens (including phenoxy) is 1. The minimum absolute atomic E-state index is 0.0257. The molecule has 25 heavy (non-hydrogen) atoms. The molecular weight excluding hydrogens is 338 g/mol. The number of carbonyl (C=O) groups is 1. The average Bonchev–Trinajstić information content (AvgIpc) is 2.54. The van der Waals surface area contributed by atoms with Crippen molar-refractivity contribution in [2.24, 2.45) is 0 Å². The Labute approximate surface area is 148 Å². The second kappa shape index (κ2) is 8.16. The van der Waals surface area contributed by atoms with Crippen LogP contribution in [0.1, 0.15) is 27.0 Å². The highest BCUT2D eigenvalue weighted by Gasteiger charge is 2.09. The van der Waals surface area contributed by atoms with Gasteiger partial charge < -0.3 is 10.1 Å². The third-order valence-corrected chi connectivity index (χ3v) is 4.62. The van der Waals surface area contributed by atoms with Crippen LogP contribution in [0.4, 0.5) is 0 Å². The first-order valence-electron chi connectivity index (χ1n) is 7.97. The lowest BCUT2D eigenvalue weighted by atomic mass is 10.1. The normalized spacial score (nSPS) is 11.2. The van der Waals surface area contributed by atoms with Crippen molar-refractivity contribution in [1.82, 2.24) is 5.32 Å². The van der Waals surface area contributed by atoms with Crippen LogP contribution in [0.15, 0.2) is 42.5 Å². The third kappa shape index (κ3) is 5.90. The molecule has 0 bridgehead atoms. The highest BCUT2D eigenvalue weighted by molar-refractivity contribution is 7.89. The number of hydrogen-bond acceptors (Lipinski definition) is 4. The Balaban J connectivity index is 1.93. The summed E-state index contributed by atoms with van der Waals surface area (Å²) in [6.45, 7) is 2.50. The van der Waals surface area contributed by atoms with Crippen LogP contribution in [0.2, 0.25) is 0 Å². The lowest BCUT2D eigenvalue weighted by molar-refractivity contribution is 0.0954. The predicted molar refractivity (Wildman–Crippen MR) is 98.8 cm³/mol. The molecule has 2 aromatic carbocycles. The number of methoxy groups -OCH3 is 1. The minimum atomic E-state index is -3.08. The zero-order valence-electron chi connectivity index (χ0n) is 14.7. The molecule has 0 aliphatic heterocycles. The number of nitrogens with one attached hydrogen (secondary N) is 1. The van der Waals surface area contributed by atoms with E-state index in [1.807, 2.05) is 25.1 Å². The fourth-order valence-electron chi connectivity index (χ4n) is 2.57. The highest BCUT2D eigenvalue weighted by atomic mass is 32.2. The monoisotopic (exact) mass is 361 g/mol. The number of hydrogen-bond donors (Lipinski definition) is 1. The van der Waals surface area contributed by atoms with Crippen molar-refractivity contribution in [2.75, 3.05) is 19.9 Å². The SMILES string of the molecule is COc1ccc(C)cc1CCNC(=O)c1ccc(CS(C)(=O)=O)cc1. The molecule has 0 heterocycles. The molecule has 134 valence electrons. The van der Waals surface area contributed by atoms with E-state index in [2.05, 4.69) is 5.32 Å². The largest absolute Gasteiger partial charge is 0.496 e. The summed E-state index contributed by atoms with van der Waals surface area (Å²) in [5.74, 6) is 0.602. The van der Waals surface area contributed by atoms with Crippen LogP contribution in [0, 0.1) is 6.92 Å². The van der Waals surface area contributed by atoms with E-state index >= 15 is 0 Å². The molecule has 0 saturated heterocycles. The van der Waals surface area contributed by atoms with E-state index in [4.69, 9.17) is 4.74 Å². The first-order chi connectivity index (χ1) is 11.8. The molecule has 0 radical (unpaired) electrons. The zero-order valence-corrected chi connectivity index (χ0v) is 15.5. The summed E-state index contributed by atoms with van der Waals surface area (Å²) in [6, 6.07) is 12.6. The van der Waals surface area contributed by atoms with Crippen LogP contribution >= 0.6 is 0 Å². The van der Waals surface area contributed by atoms with Gasteiger partial charge in [-0.25, -0.2) is 8.42 Å². The molecule has 0 aliphatic carbocycles. The van der Waals surface area contributed by atoms with Crippen LogP contribution in [0.3, 0.4) is 0 Å². The number of carbonyl (C=O) groups excluding carboxylic acids is 1. The second-order valence-corrected chi connectivity index (χ2v) is 8.23. The van der Waals surface area contributed by atoms with Crippen LogP contribution in [-0.2, 0) is 22.0 Å². The van der Waals surface area contributed by atoms with E-state index in [9.17, 15) is 13.2 Å². The molecule has 0 saturated carbocycles. The van der Waals surface area contributed by atoms with Gasteiger partial charge in [0.25, 0.3) is 5.91 Å². The van der Waals surface area contributed by atoms with Gasteiger partial charge in [-0.3, -0.25) is 4.79 Å². The molecule has 1 amide bonds. The zero-order chi connectivity index (χ0) is 18.4. The van der Waals surface area contributed by atoms with Crippen LogP contribution in [0.5, 0.6) is 5.75 Å². The summed E-state index contributed by atoms with van der Waals surface area (Å²) in [4.78, 5) is 12.2. The smallest absolute Gasteiger partial charge is 0.251 e. The van der Waals surface area contributed by atoms with Crippen LogP contribution in [0.25, 0.3) is 0 Å². The maximum atomic E-state index is 12.2. The molecule has 6 heteroatoms. The summed E-state index contributed by atoms with van der Waals surface area (Å²) in [5, 5.41) is 2.87. The molecule has 2 aromatic rings. The third-order valence-electron chi connectivity index (χ3n) is 3.76. The number of rotatable bonds is 7. The Hall–Kier alpha value is -2.34. The Morgan fingerprint density at radius 3 is 2.40 bits per heavy atom. The Morgan fingerprint density at radius 2 is 1.80 bits per heavy atom. The van der Waals surface area contributed by atoms with Gasteiger partial charge in [0.05, 0.1) is 12.9 Å². The number of sulfone groups is 1. The molecule has 2 rings (SSSR count). The Kier molecular flexibility index (Phi) is 6.20. The van der Waals surface area contributed by atoms with E-state index in [0.29, 0.717) is 24.1 Å². The summed E-state index contributed by atoms with van der Waals surface area (Å²) in [7, 11) is -1.45. The Bertz CT molecular complexity index is 842. The van der Waals surface area contributed by atoms with Gasteiger partial charge >= 0.3 is 0 Å². The van der Waals surface area contributed by atoms with E-state index in [1.165, 1.54) is 6.26 Å². The van der Waals surface area contributed by atoms with E-state index in [0.717, 1.165) is 16.9 Å². The first kappa shape index (κ1) is 19.0. The first-order valence-corrected chi connectivity index (χ1v) is 10.0. The van der Waals surface area contributed by atoms with Crippen LogP contribution < -0.4 is 10.1 Å². The van der Waals surface area contributed by atoms with Crippen molar-refractivity contribution < 1.29 is 17.9 Å². The molecule has 0 fully saturated rings. The lowest BCUT2D eigenvalue weighted by Gasteiger charge is -2.10. The summed E-state index contributed by atoms with van der Waals surface area (Å²) >= 11 is 0. The number of aryl methyl sites for hydroxylation is 1. The molecule has 0 unspecified atom stereocenters. The van der Waals surface area contributed by atoms with Crippen molar-refractivity contribution in [3.8, 4) is 5.75 Å². The minimum Gasteiger partial charge on any atom is -0.496 e. The highest BCUT2D eigenvalue weighted by Crippen LogP contribution is 2.19. The quantitative estimate of drug-likeness (QED) is 0.822. The summed E-state index contributed by atoms with van der Waals surface area (Å²) < 4.78 is 27.9. The van der Waals surface area contributed by atoms with Crippen molar-refractivity contribution in [3.63, 3.8) is 0 Å². The molecule has 0 aliphatic rings. The van der Waals surface area contributed by atoms with E-state index < -0.39 is 9.84 Å². The van der Waals surface area contributed by atoms with Gasteiger partial charge in [0.15, 0.2) is 9.84 Å². The fourth-order valence-corrected chi connectivity index (χ4v) is 3.37. The standard InChI is InChI=1S/C19H23NO4S/c1-14-4-9-18(24-2)17(12-14)10-11-20-19(21)16-7-5-15(6-8-16)13-25(3,22)23/h4-9,12H,10-11,13H2,1-3H3,(H,20,21). The summed E-state index contributed by atoms with van der Waals surface area (Å²) in [5.41, 5.74) is 3.37. The van der Waals surface area contributed by atoms with Gasteiger partial charge in [-0.2, -0.15) is 0 Å². The maximum absolute atomic E-state index is 12.2. The molecule has 1 N–H and O–H groups in total. The molecule has 5 nitrogen and oxygen atoms in total. The molecule has 0 aromatic heterocycles. The van der Waals surface area contributed by atoms with Crippen molar-refractivity contribution in [2.45, 2.75) is 19.1 Å². The maximum Gasteiger partial charge on any atom is 0.251 e. The fraction of sp³-hybridized carbons (Fsp3) is 0.316. The van der Waals surface area contributed by atoms with Gasteiger partial charge in [-0.1, -0.05) is 29.8 Å². The van der Waals surface area contributed by atoms with Crippen molar-refractivity contribution in [1.29, 1.82) is 0 Å². The van der Waals surface area contributed by atoms with Gasteiger partial charge in [0.1, 0.15) is 5.75 Å². The van der Waals surface area contributed by atoms with Crippen molar-refractivity contribution in [3.05, 3.63) is 64.7 Å². The number of benzene rings is 2. The topological polar surface area (TPSA) is 72.5 Å². The Morgan fingerprint density at radius 1 is 1.12 bits per heavy atom. The molecule has 0 atom stereocenters. The summed E-state index contributed by atoms with van der Waals surface area (Å²) in [6.07, 6.45) is 1.86. The predicted octanol–water partition coefficient (Wildman–Crippen LogP) is 2.52. The lowest BCUT2D eigenvalue weighted by Crippen LogP contribution is -2.25. The average molecular weight is 361 g/mol. The van der Waals surface area contributed by atoms with E-state index in [-0.39, 0.29) is 11.7 Å². The van der Waals surface area contributed by atoms with E-state index in [1.54, 1.807) is 31.4 Å². The van der Waals surface area contributed by atoms with Gasteiger partial charge in [0, 0.05) is 18.4 Å². The van der Waals surface area contributed by atoms with Crippen LogP contribution in [-0.4, -0.2) is 34.2 Å². The van der Waals surface area contributed by atoms with Crippen molar-refractivity contribution >= 4 is 15.7 Å². The number of amides is 1. The molecular formula is C19H23NO4S.